The van der Waals surface area contributed by atoms with Crippen molar-refractivity contribution >= 4 is 23.2 Å². The van der Waals surface area contributed by atoms with Crippen LogP contribution in [-0.2, 0) is 0 Å². The van der Waals surface area contributed by atoms with Crippen molar-refractivity contribution < 1.29 is 0 Å². The Balaban J connectivity index is 2.56. The van der Waals surface area contributed by atoms with Crippen LogP contribution in [0.15, 0.2) is 36.4 Å². The molecule has 2 aromatic rings. The minimum atomic E-state index is 0.741. The third-order valence-corrected chi connectivity index (χ3v) is 3.33. The van der Waals surface area contributed by atoms with Crippen LogP contribution in [0.1, 0.15) is 11.1 Å². The molecular weight excluding hydrogens is 239 g/mol. The van der Waals surface area contributed by atoms with Gasteiger partial charge in [0.05, 0.1) is 0 Å². The second-order valence-corrected chi connectivity index (χ2v) is 4.76. The third kappa shape index (κ3) is 2.23. The molecule has 0 amide bonds. The predicted octanol–water partition coefficient (Wildman–Crippen LogP) is 5.28. The molecule has 0 aliphatic rings. The Bertz CT molecular complexity index is 513. The number of hydrogen-bond donors (Lipinski definition) is 0. The van der Waals surface area contributed by atoms with E-state index >= 15 is 0 Å². The van der Waals surface area contributed by atoms with E-state index in [1.165, 1.54) is 5.56 Å². The summed E-state index contributed by atoms with van der Waals surface area (Å²) in [5.74, 6) is 0. The zero-order valence-electron chi connectivity index (χ0n) is 9.22. The van der Waals surface area contributed by atoms with Gasteiger partial charge in [0.15, 0.2) is 0 Å². The number of aryl methyl sites for hydroxylation is 2. The van der Waals surface area contributed by atoms with Gasteiger partial charge in [-0.25, -0.2) is 0 Å². The van der Waals surface area contributed by atoms with E-state index < -0.39 is 0 Å². The molecule has 0 aromatic heterocycles. The summed E-state index contributed by atoms with van der Waals surface area (Å²) in [5, 5.41) is 1.49. The van der Waals surface area contributed by atoms with Crippen molar-refractivity contribution in [2.75, 3.05) is 0 Å². The van der Waals surface area contributed by atoms with Gasteiger partial charge in [0, 0.05) is 15.6 Å². The van der Waals surface area contributed by atoms with Gasteiger partial charge in [0.2, 0.25) is 0 Å². The molecule has 16 heavy (non-hydrogen) atoms. The maximum Gasteiger partial charge on any atom is 0.0488 e. The van der Waals surface area contributed by atoms with E-state index in [9.17, 15) is 0 Å². The summed E-state index contributed by atoms with van der Waals surface area (Å²) in [6.45, 7) is 4.01. The number of rotatable bonds is 1. The maximum absolute atomic E-state index is 6.22. The first-order chi connectivity index (χ1) is 7.58. The standard InChI is InChI=1S/C14H12Cl2/c1-9-3-5-11(6-4-9)12-8-13(15)10(2)7-14(12)16/h3-8H,1-2H3. The Morgan fingerprint density at radius 1 is 0.812 bits per heavy atom. The van der Waals surface area contributed by atoms with E-state index in [1.807, 2.05) is 19.1 Å². The highest BCUT2D eigenvalue weighted by atomic mass is 35.5. The molecule has 82 valence electrons. The summed E-state index contributed by atoms with van der Waals surface area (Å²) in [7, 11) is 0. The van der Waals surface area contributed by atoms with Crippen LogP contribution in [0.5, 0.6) is 0 Å². The monoisotopic (exact) mass is 250 g/mol. The van der Waals surface area contributed by atoms with Gasteiger partial charge >= 0.3 is 0 Å². The van der Waals surface area contributed by atoms with Crippen LogP contribution in [0.2, 0.25) is 10.0 Å². The number of hydrogen-bond acceptors (Lipinski definition) is 0. The van der Waals surface area contributed by atoms with Crippen LogP contribution in [0.25, 0.3) is 11.1 Å². The van der Waals surface area contributed by atoms with Crippen molar-refractivity contribution in [1.82, 2.24) is 0 Å². The third-order valence-electron chi connectivity index (χ3n) is 2.61. The van der Waals surface area contributed by atoms with Crippen molar-refractivity contribution in [3.05, 3.63) is 57.6 Å². The molecule has 2 rings (SSSR count). The van der Waals surface area contributed by atoms with E-state index in [0.29, 0.717) is 0 Å². The fraction of sp³-hybridized carbons (Fsp3) is 0.143. The fourth-order valence-electron chi connectivity index (χ4n) is 1.60. The molecule has 0 saturated carbocycles. The molecule has 0 unspecified atom stereocenters. The van der Waals surface area contributed by atoms with E-state index in [2.05, 4.69) is 31.2 Å². The van der Waals surface area contributed by atoms with Gasteiger partial charge in [-0.15, -0.1) is 0 Å². The molecule has 0 radical (unpaired) electrons. The molecular formula is C14H12Cl2. The Labute approximate surface area is 106 Å². The molecule has 0 atom stereocenters. The Morgan fingerprint density at radius 3 is 2.06 bits per heavy atom. The van der Waals surface area contributed by atoms with E-state index in [0.717, 1.165) is 26.7 Å². The second-order valence-electron chi connectivity index (χ2n) is 3.95. The van der Waals surface area contributed by atoms with Crippen molar-refractivity contribution in [2.45, 2.75) is 13.8 Å². The molecule has 0 aliphatic heterocycles. The smallest absolute Gasteiger partial charge is 0.0488 e. The van der Waals surface area contributed by atoms with Gasteiger partial charge in [-0.2, -0.15) is 0 Å². The zero-order valence-corrected chi connectivity index (χ0v) is 10.7. The first-order valence-electron chi connectivity index (χ1n) is 5.10. The first-order valence-corrected chi connectivity index (χ1v) is 5.86. The quantitative estimate of drug-likeness (QED) is 0.647. The summed E-state index contributed by atoms with van der Waals surface area (Å²) in [6.07, 6.45) is 0. The lowest BCUT2D eigenvalue weighted by Crippen LogP contribution is -1.83. The van der Waals surface area contributed by atoms with Gasteiger partial charge in [-0.1, -0.05) is 53.0 Å². The topological polar surface area (TPSA) is 0 Å². The zero-order chi connectivity index (χ0) is 11.7. The van der Waals surface area contributed by atoms with Gasteiger partial charge in [-0.05, 0) is 37.1 Å². The largest absolute Gasteiger partial charge is 0.0840 e. The minimum absolute atomic E-state index is 0.741. The van der Waals surface area contributed by atoms with Crippen LogP contribution in [0.3, 0.4) is 0 Å². The van der Waals surface area contributed by atoms with Crippen molar-refractivity contribution in [1.29, 1.82) is 0 Å². The molecule has 2 heteroatoms. The lowest BCUT2D eigenvalue weighted by Gasteiger charge is -2.07. The van der Waals surface area contributed by atoms with Crippen molar-refractivity contribution in [2.24, 2.45) is 0 Å². The van der Waals surface area contributed by atoms with Crippen molar-refractivity contribution in [3.63, 3.8) is 0 Å². The maximum atomic E-state index is 6.22. The Kier molecular flexibility index (Phi) is 3.22. The van der Waals surface area contributed by atoms with E-state index in [4.69, 9.17) is 23.2 Å². The van der Waals surface area contributed by atoms with Crippen LogP contribution < -0.4 is 0 Å². The fourth-order valence-corrected chi connectivity index (χ4v) is 2.09. The second kappa shape index (κ2) is 4.48. The SMILES string of the molecule is Cc1ccc(-c2cc(Cl)c(C)cc2Cl)cc1. The minimum Gasteiger partial charge on any atom is -0.0840 e. The average Bonchev–Trinajstić information content (AvgIpc) is 2.25. The lowest BCUT2D eigenvalue weighted by molar-refractivity contribution is 1.44. The van der Waals surface area contributed by atoms with Gasteiger partial charge < -0.3 is 0 Å². The highest BCUT2D eigenvalue weighted by Gasteiger charge is 2.06. The Morgan fingerprint density at radius 2 is 1.44 bits per heavy atom. The molecule has 0 N–H and O–H groups in total. The average molecular weight is 251 g/mol. The molecule has 0 bridgehead atoms. The number of benzene rings is 2. The highest BCUT2D eigenvalue weighted by molar-refractivity contribution is 6.35. The van der Waals surface area contributed by atoms with E-state index in [1.54, 1.807) is 0 Å². The molecule has 2 aromatic carbocycles. The van der Waals surface area contributed by atoms with Gasteiger partial charge in [-0.3, -0.25) is 0 Å². The van der Waals surface area contributed by atoms with Gasteiger partial charge in [0.1, 0.15) is 0 Å². The summed E-state index contributed by atoms with van der Waals surface area (Å²) in [5.41, 5.74) is 4.32. The summed E-state index contributed by atoms with van der Waals surface area (Å²) in [4.78, 5) is 0. The normalized spacial score (nSPS) is 10.5. The summed E-state index contributed by atoms with van der Waals surface area (Å²) in [6, 6.07) is 12.1. The molecule has 0 saturated heterocycles. The number of halogens is 2. The van der Waals surface area contributed by atoms with Gasteiger partial charge in [0.25, 0.3) is 0 Å². The Hall–Kier alpha value is -0.980. The molecule has 0 heterocycles. The molecule has 0 fully saturated rings. The molecule has 0 aliphatic carbocycles. The highest BCUT2D eigenvalue weighted by Crippen LogP contribution is 2.32. The molecule has 0 nitrogen and oxygen atoms in total. The first kappa shape index (κ1) is 11.5. The predicted molar refractivity (Wildman–Crippen MR) is 71.4 cm³/mol. The van der Waals surface area contributed by atoms with Crippen LogP contribution in [0.4, 0.5) is 0 Å². The van der Waals surface area contributed by atoms with Crippen molar-refractivity contribution in [3.8, 4) is 11.1 Å². The van der Waals surface area contributed by atoms with Crippen LogP contribution >= 0.6 is 23.2 Å². The van der Waals surface area contributed by atoms with Crippen LogP contribution in [-0.4, -0.2) is 0 Å². The lowest BCUT2D eigenvalue weighted by atomic mass is 10.0. The van der Waals surface area contributed by atoms with E-state index in [-0.39, 0.29) is 0 Å². The summed E-state index contributed by atoms with van der Waals surface area (Å²) >= 11 is 12.3. The summed E-state index contributed by atoms with van der Waals surface area (Å²) < 4.78 is 0. The molecule has 0 spiro atoms. The van der Waals surface area contributed by atoms with Crippen LogP contribution in [0, 0.1) is 13.8 Å².